The van der Waals surface area contributed by atoms with Crippen LogP contribution in [0.25, 0.3) is 0 Å². The number of aliphatic carboxylic acids is 1. The molecule has 0 aliphatic carbocycles. The zero-order valence-corrected chi connectivity index (χ0v) is 11.0. The van der Waals surface area contributed by atoms with Gasteiger partial charge in [0.2, 0.25) is 5.91 Å². The highest BCUT2D eigenvalue weighted by Gasteiger charge is 2.31. The second-order valence-electron chi connectivity index (χ2n) is 4.10. The maximum absolute atomic E-state index is 11.9. The maximum atomic E-state index is 11.9. The molecule has 0 aromatic carbocycles. The lowest BCUT2D eigenvalue weighted by molar-refractivity contribution is -0.149. The van der Waals surface area contributed by atoms with Gasteiger partial charge < -0.3 is 14.7 Å². The lowest BCUT2D eigenvalue weighted by atomic mass is 10.1. The van der Waals surface area contributed by atoms with Gasteiger partial charge in [0, 0.05) is 31.6 Å². The van der Waals surface area contributed by atoms with Crippen molar-refractivity contribution in [1.82, 2.24) is 4.90 Å². The maximum Gasteiger partial charge on any atom is 0.327 e. The Balaban J connectivity index is 2.50. The van der Waals surface area contributed by atoms with E-state index in [0.29, 0.717) is 25.1 Å². The molecule has 0 aromatic rings. The minimum Gasteiger partial charge on any atom is -0.480 e. The van der Waals surface area contributed by atoms with Gasteiger partial charge in [-0.25, -0.2) is 4.79 Å². The molecule has 2 unspecified atom stereocenters. The number of thioether (sulfide) groups is 1. The van der Waals surface area contributed by atoms with Gasteiger partial charge in [-0.05, 0) is 13.3 Å². The molecule has 1 fully saturated rings. The van der Waals surface area contributed by atoms with E-state index in [0.717, 1.165) is 5.75 Å². The Morgan fingerprint density at radius 3 is 2.88 bits per heavy atom. The van der Waals surface area contributed by atoms with Crippen molar-refractivity contribution in [2.24, 2.45) is 0 Å². The molecule has 1 amide bonds. The monoisotopic (exact) mass is 261 g/mol. The van der Waals surface area contributed by atoms with Gasteiger partial charge in [-0.2, -0.15) is 11.8 Å². The van der Waals surface area contributed by atoms with Gasteiger partial charge in [-0.15, -0.1) is 0 Å². The summed E-state index contributed by atoms with van der Waals surface area (Å²) in [6.07, 6.45) is 1.01. The fourth-order valence-corrected chi connectivity index (χ4v) is 2.73. The van der Waals surface area contributed by atoms with Crippen LogP contribution in [0.3, 0.4) is 0 Å². The van der Waals surface area contributed by atoms with Crippen LogP contribution in [0.5, 0.6) is 0 Å². The molecule has 0 bridgehead atoms. The molecule has 2 atom stereocenters. The number of ether oxygens (including phenoxy) is 1. The Hall–Kier alpha value is -0.750. The van der Waals surface area contributed by atoms with E-state index >= 15 is 0 Å². The normalized spacial score (nSPS) is 22.2. The first kappa shape index (κ1) is 14.3. The summed E-state index contributed by atoms with van der Waals surface area (Å²) in [5.41, 5.74) is 0. The van der Waals surface area contributed by atoms with Crippen LogP contribution in [0.1, 0.15) is 19.8 Å². The van der Waals surface area contributed by atoms with Crippen LogP contribution in [0.15, 0.2) is 0 Å². The van der Waals surface area contributed by atoms with Gasteiger partial charge in [0.1, 0.15) is 6.04 Å². The highest BCUT2D eigenvalue weighted by molar-refractivity contribution is 7.99. The van der Waals surface area contributed by atoms with Crippen LogP contribution in [0, 0.1) is 0 Å². The lowest BCUT2D eigenvalue weighted by Crippen LogP contribution is -2.50. The summed E-state index contributed by atoms with van der Waals surface area (Å²) in [5, 5.41) is 9.05. The number of carbonyl (C=O) groups is 2. The molecule has 1 saturated heterocycles. The molecule has 5 nitrogen and oxygen atoms in total. The van der Waals surface area contributed by atoms with Crippen LogP contribution in [-0.2, 0) is 14.3 Å². The predicted octanol–water partition coefficient (Wildman–Crippen LogP) is 0.830. The van der Waals surface area contributed by atoms with E-state index in [2.05, 4.69) is 0 Å². The molecule has 6 heteroatoms. The lowest BCUT2D eigenvalue weighted by Gasteiger charge is -2.32. The summed E-state index contributed by atoms with van der Waals surface area (Å²) in [4.78, 5) is 24.5. The largest absolute Gasteiger partial charge is 0.480 e. The van der Waals surface area contributed by atoms with Crippen LogP contribution in [0.2, 0.25) is 0 Å². The smallest absolute Gasteiger partial charge is 0.327 e. The topological polar surface area (TPSA) is 66.8 Å². The second-order valence-corrected chi connectivity index (χ2v) is 5.25. The number of carboxylic acids is 1. The molecule has 1 aliphatic rings. The molecule has 1 rings (SSSR count). The van der Waals surface area contributed by atoms with E-state index in [1.54, 1.807) is 18.9 Å². The number of amides is 1. The minimum atomic E-state index is -0.912. The van der Waals surface area contributed by atoms with Crippen molar-refractivity contribution in [3.8, 4) is 0 Å². The molecule has 0 saturated carbocycles. The highest BCUT2D eigenvalue weighted by Crippen LogP contribution is 2.18. The van der Waals surface area contributed by atoms with Crippen LogP contribution in [0.4, 0.5) is 0 Å². The number of carboxylic acid groups (broad SMARTS) is 1. The third-order valence-electron chi connectivity index (χ3n) is 2.90. The van der Waals surface area contributed by atoms with E-state index in [1.165, 1.54) is 4.90 Å². The van der Waals surface area contributed by atoms with Crippen LogP contribution < -0.4 is 0 Å². The Kier molecular flexibility index (Phi) is 5.77. The van der Waals surface area contributed by atoms with Gasteiger partial charge in [-0.1, -0.05) is 0 Å². The van der Waals surface area contributed by atoms with Crippen LogP contribution >= 0.6 is 11.8 Å². The summed E-state index contributed by atoms with van der Waals surface area (Å²) < 4.78 is 5.07. The fourth-order valence-electron chi connectivity index (χ4n) is 1.69. The van der Waals surface area contributed by atoms with Gasteiger partial charge in [0.15, 0.2) is 0 Å². The quantitative estimate of drug-likeness (QED) is 0.794. The molecule has 0 spiro atoms. The van der Waals surface area contributed by atoms with E-state index < -0.39 is 12.0 Å². The van der Waals surface area contributed by atoms with Gasteiger partial charge >= 0.3 is 5.97 Å². The van der Waals surface area contributed by atoms with Crippen molar-refractivity contribution < 1.29 is 19.4 Å². The molecular weight excluding hydrogens is 242 g/mol. The van der Waals surface area contributed by atoms with E-state index in [9.17, 15) is 9.59 Å². The summed E-state index contributed by atoms with van der Waals surface area (Å²) in [6.45, 7) is 2.43. The fraction of sp³-hybridized carbons (Fsp3) is 0.818. The number of carbonyl (C=O) groups excluding carboxylic acids is 1. The number of hydrogen-bond donors (Lipinski definition) is 1. The third kappa shape index (κ3) is 4.20. The van der Waals surface area contributed by atoms with Crippen molar-refractivity contribution in [3.63, 3.8) is 0 Å². The molecule has 0 aromatic heterocycles. The minimum absolute atomic E-state index is 0.0291. The molecule has 98 valence electrons. The zero-order valence-electron chi connectivity index (χ0n) is 10.2. The number of methoxy groups -OCH3 is 1. The number of hydrogen-bond acceptors (Lipinski definition) is 4. The molecule has 17 heavy (non-hydrogen) atoms. The van der Waals surface area contributed by atoms with Gasteiger partial charge in [0.25, 0.3) is 0 Å². The van der Waals surface area contributed by atoms with Gasteiger partial charge in [0.05, 0.1) is 6.10 Å². The Bertz CT molecular complexity index is 285. The number of rotatable bonds is 5. The van der Waals surface area contributed by atoms with E-state index in [1.807, 2.05) is 6.92 Å². The van der Waals surface area contributed by atoms with Crippen molar-refractivity contribution in [1.29, 1.82) is 0 Å². The molecule has 0 radical (unpaired) electrons. The zero-order chi connectivity index (χ0) is 12.8. The third-order valence-corrected chi connectivity index (χ3v) is 3.92. The van der Waals surface area contributed by atoms with E-state index in [-0.39, 0.29) is 12.0 Å². The van der Waals surface area contributed by atoms with Crippen molar-refractivity contribution in [2.45, 2.75) is 31.9 Å². The van der Waals surface area contributed by atoms with Crippen molar-refractivity contribution >= 4 is 23.6 Å². The highest BCUT2D eigenvalue weighted by atomic mass is 32.2. The average molecular weight is 261 g/mol. The average Bonchev–Trinajstić information content (AvgIpc) is 2.35. The van der Waals surface area contributed by atoms with Crippen molar-refractivity contribution in [2.75, 3.05) is 25.2 Å². The molecule has 1 N–H and O–H groups in total. The van der Waals surface area contributed by atoms with Gasteiger partial charge in [-0.3, -0.25) is 4.79 Å². The predicted molar refractivity (Wildman–Crippen MR) is 66.2 cm³/mol. The second kappa shape index (κ2) is 6.86. The first-order valence-corrected chi connectivity index (χ1v) is 6.84. The van der Waals surface area contributed by atoms with Crippen LogP contribution in [-0.4, -0.2) is 59.2 Å². The standard InChI is InChI=1S/C11H19NO4S/c1-8(16-2)3-4-10(13)12-5-6-17-7-9(12)11(14)15/h8-9H,3-7H2,1-2H3,(H,14,15). The SMILES string of the molecule is COC(C)CCC(=O)N1CCSCC1C(=O)O. The molecule has 1 aliphatic heterocycles. The Morgan fingerprint density at radius 2 is 2.29 bits per heavy atom. The first-order chi connectivity index (χ1) is 8.06. The Labute approximate surface area is 105 Å². The number of nitrogens with zero attached hydrogens (tertiary/aromatic N) is 1. The molecular formula is C11H19NO4S. The van der Waals surface area contributed by atoms with Crippen molar-refractivity contribution in [3.05, 3.63) is 0 Å². The van der Waals surface area contributed by atoms with E-state index in [4.69, 9.17) is 9.84 Å². The summed E-state index contributed by atoms with van der Waals surface area (Å²) in [5.74, 6) is 0.308. The summed E-state index contributed by atoms with van der Waals surface area (Å²) in [7, 11) is 1.60. The first-order valence-electron chi connectivity index (χ1n) is 5.69. The summed E-state index contributed by atoms with van der Waals surface area (Å²) >= 11 is 1.58. The summed E-state index contributed by atoms with van der Waals surface area (Å²) in [6, 6.07) is -0.667. The molecule has 1 heterocycles. The Morgan fingerprint density at radius 1 is 1.59 bits per heavy atom.